The van der Waals surface area contributed by atoms with Gasteiger partial charge in [0.2, 0.25) is 5.91 Å². The lowest BCUT2D eigenvalue weighted by atomic mass is 9.98. The summed E-state index contributed by atoms with van der Waals surface area (Å²) in [5.41, 5.74) is 2.42. The maximum atomic E-state index is 12.2. The summed E-state index contributed by atoms with van der Waals surface area (Å²) in [5, 5.41) is 6.42. The van der Waals surface area contributed by atoms with Gasteiger partial charge in [-0.1, -0.05) is 12.1 Å². The molecule has 0 saturated carbocycles. The van der Waals surface area contributed by atoms with Gasteiger partial charge in [-0.3, -0.25) is 9.69 Å². The summed E-state index contributed by atoms with van der Waals surface area (Å²) < 4.78 is 6.00. The Bertz CT molecular complexity index is 605. The standard InChI is InChI=1S/C21H33N3O2.ClH/c1-16-7-8-17(2)20(13-16)26-12-11-24-10-4-5-18(15-24)14-23-21(25)19-6-3-9-22-19;/h7-8,13,18-19,22H,3-6,9-12,14-15H2,1-2H3,(H,23,25);1H. The number of piperidine rings is 1. The van der Waals surface area contributed by atoms with Gasteiger partial charge < -0.3 is 15.4 Å². The number of nitrogens with one attached hydrogen (secondary N) is 2. The zero-order chi connectivity index (χ0) is 18.4. The Labute approximate surface area is 169 Å². The zero-order valence-corrected chi connectivity index (χ0v) is 17.4. The number of hydrogen-bond acceptors (Lipinski definition) is 4. The van der Waals surface area contributed by atoms with Crippen molar-refractivity contribution >= 4 is 18.3 Å². The van der Waals surface area contributed by atoms with Crippen LogP contribution in [0.1, 0.15) is 36.8 Å². The second-order valence-electron chi connectivity index (χ2n) is 7.82. The second kappa shape index (κ2) is 10.9. The number of aryl methyl sites for hydroxylation is 2. The molecule has 5 nitrogen and oxygen atoms in total. The minimum Gasteiger partial charge on any atom is -0.492 e. The van der Waals surface area contributed by atoms with E-state index in [0.717, 1.165) is 57.9 Å². The van der Waals surface area contributed by atoms with Gasteiger partial charge >= 0.3 is 0 Å². The molecular weight excluding hydrogens is 362 g/mol. The second-order valence-corrected chi connectivity index (χ2v) is 7.82. The van der Waals surface area contributed by atoms with Crippen LogP contribution in [-0.2, 0) is 4.79 Å². The third-order valence-electron chi connectivity index (χ3n) is 5.55. The van der Waals surface area contributed by atoms with Crippen molar-refractivity contribution in [3.05, 3.63) is 29.3 Å². The van der Waals surface area contributed by atoms with Crippen LogP contribution in [0.2, 0.25) is 0 Å². The average molecular weight is 396 g/mol. The Morgan fingerprint density at radius 1 is 1.30 bits per heavy atom. The Morgan fingerprint density at radius 2 is 2.15 bits per heavy atom. The van der Waals surface area contributed by atoms with Gasteiger partial charge in [0.15, 0.2) is 0 Å². The molecule has 0 aliphatic carbocycles. The van der Waals surface area contributed by atoms with Crippen LogP contribution in [-0.4, -0.2) is 56.2 Å². The lowest BCUT2D eigenvalue weighted by Gasteiger charge is -2.33. The van der Waals surface area contributed by atoms with Gasteiger partial charge in [0.05, 0.1) is 6.04 Å². The fourth-order valence-electron chi connectivity index (χ4n) is 3.94. The minimum atomic E-state index is 0. The van der Waals surface area contributed by atoms with E-state index in [2.05, 4.69) is 47.6 Å². The van der Waals surface area contributed by atoms with E-state index in [1.807, 2.05) is 0 Å². The van der Waals surface area contributed by atoms with Gasteiger partial charge in [-0.2, -0.15) is 0 Å². The van der Waals surface area contributed by atoms with Crippen LogP contribution >= 0.6 is 12.4 Å². The highest BCUT2D eigenvalue weighted by atomic mass is 35.5. The largest absolute Gasteiger partial charge is 0.492 e. The van der Waals surface area contributed by atoms with Gasteiger partial charge in [-0.25, -0.2) is 0 Å². The summed E-state index contributed by atoms with van der Waals surface area (Å²) in [6, 6.07) is 6.37. The molecule has 6 heteroatoms. The molecule has 0 radical (unpaired) electrons. The van der Waals surface area contributed by atoms with E-state index >= 15 is 0 Å². The van der Waals surface area contributed by atoms with Crippen molar-refractivity contribution in [2.75, 3.05) is 39.3 Å². The Kier molecular flexibility index (Phi) is 8.87. The summed E-state index contributed by atoms with van der Waals surface area (Å²) in [6.45, 7) is 9.79. The Morgan fingerprint density at radius 3 is 2.93 bits per heavy atom. The summed E-state index contributed by atoms with van der Waals surface area (Å²) in [5.74, 6) is 1.72. The average Bonchev–Trinajstić information content (AvgIpc) is 3.18. The fourth-order valence-corrected chi connectivity index (χ4v) is 3.94. The van der Waals surface area contributed by atoms with Crippen LogP contribution in [0.25, 0.3) is 0 Å². The molecule has 2 fully saturated rings. The molecule has 0 aromatic heterocycles. The van der Waals surface area contributed by atoms with E-state index in [1.54, 1.807) is 0 Å². The van der Waals surface area contributed by atoms with Crippen molar-refractivity contribution in [1.29, 1.82) is 0 Å². The fraction of sp³-hybridized carbons (Fsp3) is 0.667. The highest BCUT2D eigenvalue weighted by Gasteiger charge is 2.24. The van der Waals surface area contributed by atoms with Crippen molar-refractivity contribution in [2.24, 2.45) is 5.92 Å². The monoisotopic (exact) mass is 395 g/mol. The molecule has 2 unspecified atom stereocenters. The number of carbonyl (C=O) groups is 1. The molecular formula is C21H34ClN3O2. The van der Waals surface area contributed by atoms with E-state index < -0.39 is 0 Å². The quantitative estimate of drug-likeness (QED) is 0.745. The Balaban J connectivity index is 0.00000261. The SMILES string of the molecule is Cc1ccc(C)c(OCCN2CCCC(CNC(=O)C3CCCN3)C2)c1.Cl. The molecule has 1 amide bonds. The number of hydrogen-bond donors (Lipinski definition) is 2. The lowest BCUT2D eigenvalue weighted by molar-refractivity contribution is -0.123. The first-order chi connectivity index (χ1) is 12.6. The number of rotatable bonds is 7. The van der Waals surface area contributed by atoms with Crippen LogP contribution in [0.15, 0.2) is 18.2 Å². The molecule has 1 aromatic carbocycles. The van der Waals surface area contributed by atoms with Crippen LogP contribution < -0.4 is 15.4 Å². The number of benzene rings is 1. The number of likely N-dealkylation sites (tertiary alicyclic amines) is 1. The van der Waals surface area contributed by atoms with E-state index in [9.17, 15) is 4.79 Å². The number of amides is 1. The van der Waals surface area contributed by atoms with Crippen molar-refractivity contribution in [2.45, 2.75) is 45.6 Å². The van der Waals surface area contributed by atoms with Crippen molar-refractivity contribution < 1.29 is 9.53 Å². The van der Waals surface area contributed by atoms with Gasteiger partial charge in [-0.05, 0) is 75.7 Å². The molecule has 0 spiro atoms. The smallest absolute Gasteiger partial charge is 0.237 e. The van der Waals surface area contributed by atoms with Gasteiger partial charge in [0, 0.05) is 19.6 Å². The molecule has 2 saturated heterocycles. The molecule has 1 aromatic rings. The molecule has 27 heavy (non-hydrogen) atoms. The van der Waals surface area contributed by atoms with E-state index in [0.29, 0.717) is 5.92 Å². The molecule has 2 aliphatic rings. The molecule has 2 aliphatic heterocycles. The number of halogens is 1. The summed E-state index contributed by atoms with van der Waals surface area (Å²) in [7, 11) is 0. The highest BCUT2D eigenvalue weighted by Crippen LogP contribution is 2.20. The maximum Gasteiger partial charge on any atom is 0.237 e. The number of carbonyl (C=O) groups excluding carboxylic acids is 1. The topological polar surface area (TPSA) is 53.6 Å². The predicted octanol–water partition coefficient (Wildman–Crippen LogP) is 2.68. The lowest BCUT2D eigenvalue weighted by Crippen LogP contribution is -2.46. The van der Waals surface area contributed by atoms with E-state index in [4.69, 9.17) is 4.74 Å². The third kappa shape index (κ3) is 6.66. The molecule has 3 rings (SSSR count). The number of nitrogens with zero attached hydrogens (tertiary/aromatic N) is 1. The predicted molar refractivity (Wildman–Crippen MR) is 112 cm³/mol. The van der Waals surface area contributed by atoms with Crippen LogP contribution in [0.4, 0.5) is 0 Å². The molecule has 2 N–H and O–H groups in total. The van der Waals surface area contributed by atoms with E-state index in [1.165, 1.54) is 24.0 Å². The summed E-state index contributed by atoms with van der Waals surface area (Å²) in [4.78, 5) is 14.6. The maximum absolute atomic E-state index is 12.2. The number of ether oxygens (including phenoxy) is 1. The van der Waals surface area contributed by atoms with Crippen molar-refractivity contribution in [3.8, 4) is 5.75 Å². The molecule has 152 valence electrons. The van der Waals surface area contributed by atoms with Gasteiger partial charge in [0.1, 0.15) is 12.4 Å². The van der Waals surface area contributed by atoms with Crippen molar-refractivity contribution in [3.63, 3.8) is 0 Å². The van der Waals surface area contributed by atoms with Crippen LogP contribution in [0.5, 0.6) is 5.75 Å². The van der Waals surface area contributed by atoms with E-state index in [-0.39, 0.29) is 24.4 Å². The molecule has 0 bridgehead atoms. The first kappa shape index (κ1) is 22.0. The minimum absolute atomic E-state index is 0. The highest BCUT2D eigenvalue weighted by molar-refractivity contribution is 5.85. The Hall–Kier alpha value is -1.30. The van der Waals surface area contributed by atoms with Crippen LogP contribution in [0.3, 0.4) is 0 Å². The first-order valence-electron chi connectivity index (χ1n) is 10.1. The van der Waals surface area contributed by atoms with Crippen molar-refractivity contribution in [1.82, 2.24) is 15.5 Å². The normalized spacial score (nSPS) is 22.9. The van der Waals surface area contributed by atoms with Crippen LogP contribution in [0, 0.1) is 19.8 Å². The molecule has 2 atom stereocenters. The molecule has 2 heterocycles. The van der Waals surface area contributed by atoms with Gasteiger partial charge in [-0.15, -0.1) is 12.4 Å². The first-order valence-corrected chi connectivity index (χ1v) is 10.1. The summed E-state index contributed by atoms with van der Waals surface area (Å²) in [6.07, 6.45) is 4.48. The summed E-state index contributed by atoms with van der Waals surface area (Å²) >= 11 is 0. The van der Waals surface area contributed by atoms with Gasteiger partial charge in [0.25, 0.3) is 0 Å². The third-order valence-corrected chi connectivity index (χ3v) is 5.55. The zero-order valence-electron chi connectivity index (χ0n) is 16.6.